The standard InChI is InChI=1S/C16H22N4S/c1-19(2)13-8-9-20(11-13)16-18-15(14(10-17)21-16)12-6-4-3-5-7-12/h3-7,13H,8-11,17H2,1-2H3. The van der Waals surface area contributed by atoms with Crippen molar-refractivity contribution in [3.05, 3.63) is 35.2 Å². The van der Waals surface area contributed by atoms with Crippen LogP contribution in [0.3, 0.4) is 0 Å². The molecular formula is C16H22N4S. The Morgan fingerprint density at radius 1 is 1.33 bits per heavy atom. The molecule has 1 aliphatic rings. The van der Waals surface area contributed by atoms with E-state index >= 15 is 0 Å². The highest BCUT2D eigenvalue weighted by Gasteiger charge is 2.27. The molecule has 21 heavy (non-hydrogen) atoms. The molecule has 0 saturated carbocycles. The van der Waals surface area contributed by atoms with Crippen molar-refractivity contribution in [2.24, 2.45) is 5.73 Å². The largest absolute Gasteiger partial charge is 0.346 e. The highest BCUT2D eigenvalue weighted by atomic mass is 32.1. The molecule has 0 aliphatic carbocycles. The molecule has 0 spiro atoms. The van der Waals surface area contributed by atoms with E-state index in [0.29, 0.717) is 12.6 Å². The molecule has 1 saturated heterocycles. The molecule has 1 atom stereocenters. The molecule has 1 aromatic heterocycles. The van der Waals surface area contributed by atoms with Gasteiger partial charge in [-0.25, -0.2) is 4.98 Å². The van der Waals surface area contributed by atoms with Crippen molar-refractivity contribution < 1.29 is 0 Å². The molecule has 0 bridgehead atoms. The highest BCUT2D eigenvalue weighted by molar-refractivity contribution is 7.16. The molecule has 112 valence electrons. The van der Waals surface area contributed by atoms with Crippen LogP contribution in [0.1, 0.15) is 11.3 Å². The Labute approximate surface area is 130 Å². The van der Waals surface area contributed by atoms with Crippen molar-refractivity contribution in [1.82, 2.24) is 9.88 Å². The van der Waals surface area contributed by atoms with E-state index in [9.17, 15) is 0 Å². The zero-order chi connectivity index (χ0) is 14.8. The third kappa shape index (κ3) is 2.95. The molecule has 1 aromatic carbocycles. The fourth-order valence-electron chi connectivity index (χ4n) is 2.77. The van der Waals surface area contributed by atoms with E-state index in [1.807, 2.05) is 18.2 Å². The number of rotatable bonds is 4. The van der Waals surface area contributed by atoms with Gasteiger partial charge >= 0.3 is 0 Å². The molecule has 1 aliphatic heterocycles. The van der Waals surface area contributed by atoms with Gasteiger partial charge in [0.25, 0.3) is 0 Å². The summed E-state index contributed by atoms with van der Waals surface area (Å²) in [5.74, 6) is 0. The Hall–Kier alpha value is -1.43. The fraction of sp³-hybridized carbons (Fsp3) is 0.438. The van der Waals surface area contributed by atoms with Gasteiger partial charge in [0.1, 0.15) is 0 Å². The number of nitrogens with two attached hydrogens (primary N) is 1. The number of nitrogens with zero attached hydrogens (tertiary/aromatic N) is 3. The van der Waals surface area contributed by atoms with Crippen LogP contribution >= 0.6 is 11.3 Å². The van der Waals surface area contributed by atoms with Gasteiger partial charge in [-0.2, -0.15) is 0 Å². The van der Waals surface area contributed by atoms with Crippen molar-refractivity contribution in [1.29, 1.82) is 0 Å². The number of hydrogen-bond acceptors (Lipinski definition) is 5. The van der Waals surface area contributed by atoms with E-state index < -0.39 is 0 Å². The van der Waals surface area contributed by atoms with Crippen LogP contribution in [0.15, 0.2) is 30.3 Å². The SMILES string of the molecule is CN(C)C1CCN(c2nc(-c3ccccc3)c(CN)s2)C1. The summed E-state index contributed by atoms with van der Waals surface area (Å²) in [6.45, 7) is 2.68. The maximum atomic E-state index is 5.92. The summed E-state index contributed by atoms with van der Waals surface area (Å²) in [6, 6.07) is 10.9. The van der Waals surface area contributed by atoms with Gasteiger partial charge in [-0.1, -0.05) is 41.7 Å². The van der Waals surface area contributed by atoms with Crippen LogP contribution in [-0.4, -0.2) is 43.1 Å². The third-order valence-corrected chi connectivity index (χ3v) is 5.22. The number of anilines is 1. The first-order valence-corrected chi connectivity index (χ1v) is 8.17. The molecule has 5 heteroatoms. The van der Waals surface area contributed by atoms with Gasteiger partial charge in [-0.15, -0.1) is 0 Å². The van der Waals surface area contributed by atoms with Crippen molar-refractivity contribution in [2.75, 3.05) is 32.1 Å². The summed E-state index contributed by atoms with van der Waals surface area (Å²) in [6.07, 6.45) is 1.20. The van der Waals surface area contributed by atoms with Crippen LogP contribution in [0.5, 0.6) is 0 Å². The number of thiazole rings is 1. The normalized spacial score (nSPS) is 18.7. The van der Waals surface area contributed by atoms with E-state index in [4.69, 9.17) is 10.7 Å². The van der Waals surface area contributed by atoms with Crippen LogP contribution in [0.2, 0.25) is 0 Å². The molecule has 2 N–H and O–H groups in total. The fourth-order valence-corrected chi connectivity index (χ4v) is 3.77. The van der Waals surface area contributed by atoms with E-state index in [2.05, 4.69) is 36.0 Å². The first-order chi connectivity index (χ1) is 10.2. The molecule has 1 fully saturated rings. The van der Waals surface area contributed by atoms with E-state index in [0.717, 1.165) is 29.5 Å². The van der Waals surface area contributed by atoms with Gasteiger partial charge in [0.2, 0.25) is 0 Å². The van der Waals surface area contributed by atoms with Crippen LogP contribution in [0, 0.1) is 0 Å². The van der Waals surface area contributed by atoms with Gasteiger partial charge in [0.05, 0.1) is 5.69 Å². The minimum absolute atomic E-state index is 0.548. The maximum absolute atomic E-state index is 5.92. The summed E-state index contributed by atoms with van der Waals surface area (Å²) in [5, 5.41) is 1.11. The first-order valence-electron chi connectivity index (χ1n) is 7.35. The van der Waals surface area contributed by atoms with Crippen molar-refractivity contribution in [3.8, 4) is 11.3 Å². The second kappa shape index (κ2) is 6.13. The molecule has 0 radical (unpaired) electrons. The molecular weight excluding hydrogens is 280 g/mol. The maximum Gasteiger partial charge on any atom is 0.186 e. The van der Waals surface area contributed by atoms with E-state index in [-0.39, 0.29) is 0 Å². The Bertz CT molecular complexity index is 594. The average molecular weight is 302 g/mol. The van der Waals surface area contributed by atoms with Crippen molar-refractivity contribution >= 4 is 16.5 Å². The van der Waals surface area contributed by atoms with Gasteiger partial charge < -0.3 is 15.5 Å². The van der Waals surface area contributed by atoms with Gasteiger partial charge in [0, 0.05) is 36.1 Å². The lowest BCUT2D eigenvalue weighted by molar-refractivity contribution is 0.315. The lowest BCUT2D eigenvalue weighted by Crippen LogP contribution is -2.31. The first kappa shape index (κ1) is 14.5. The predicted octanol–water partition coefficient (Wildman–Crippen LogP) is 2.41. The summed E-state index contributed by atoms with van der Waals surface area (Å²) in [7, 11) is 4.30. The lowest BCUT2D eigenvalue weighted by Gasteiger charge is -2.19. The van der Waals surface area contributed by atoms with E-state index in [1.54, 1.807) is 11.3 Å². The molecule has 1 unspecified atom stereocenters. The molecule has 2 aromatic rings. The van der Waals surface area contributed by atoms with Crippen LogP contribution < -0.4 is 10.6 Å². The highest BCUT2D eigenvalue weighted by Crippen LogP contribution is 2.34. The molecule has 4 nitrogen and oxygen atoms in total. The average Bonchev–Trinajstić information content (AvgIpc) is 3.14. The third-order valence-electron chi connectivity index (χ3n) is 4.08. The van der Waals surface area contributed by atoms with Crippen LogP contribution in [0.25, 0.3) is 11.3 Å². The minimum Gasteiger partial charge on any atom is -0.346 e. The lowest BCUT2D eigenvalue weighted by atomic mass is 10.1. The number of likely N-dealkylation sites (N-methyl/N-ethyl adjacent to an activating group) is 1. The quantitative estimate of drug-likeness (QED) is 0.942. The molecule has 2 heterocycles. The minimum atomic E-state index is 0.548. The van der Waals surface area contributed by atoms with Crippen LogP contribution in [0.4, 0.5) is 5.13 Å². The Morgan fingerprint density at radius 2 is 2.10 bits per heavy atom. The van der Waals surface area contributed by atoms with Crippen LogP contribution in [-0.2, 0) is 6.54 Å². The second-order valence-corrected chi connectivity index (χ2v) is 6.75. The van der Waals surface area contributed by atoms with Crippen molar-refractivity contribution in [2.45, 2.75) is 19.0 Å². The summed E-state index contributed by atoms with van der Waals surface area (Å²) >= 11 is 1.74. The smallest absolute Gasteiger partial charge is 0.186 e. The summed E-state index contributed by atoms with van der Waals surface area (Å²) in [4.78, 5) is 10.7. The summed E-state index contributed by atoms with van der Waals surface area (Å²) < 4.78 is 0. The number of aromatic nitrogens is 1. The second-order valence-electron chi connectivity index (χ2n) is 5.69. The van der Waals surface area contributed by atoms with Gasteiger partial charge in [-0.05, 0) is 20.5 Å². The topological polar surface area (TPSA) is 45.4 Å². The Morgan fingerprint density at radius 3 is 2.71 bits per heavy atom. The Kier molecular flexibility index (Phi) is 4.24. The monoisotopic (exact) mass is 302 g/mol. The van der Waals surface area contributed by atoms with E-state index in [1.165, 1.54) is 11.3 Å². The Balaban J connectivity index is 1.87. The van der Waals surface area contributed by atoms with Crippen molar-refractivity contribution in [3.63, 3.8) is 0 Å². The zero-order valence-electron chi connectivity index (χ0n) is 12.6. The zero-order valence-corrected chi connectivity index (χ0v) is 13.4. The number of benzene rings is 1. The number of hydrogen-bond donors (Lipinski definition) is 1. The molecule has 3 rings (SSSR count). The van der Waals surface area contributed by atoms with Gasteiger partial charge in [0.15, 0.2) is 5.13 Å². The summed E-state index contributed by atoms with van der Waals surface area (Å²) in [5.41, 5.74) is 8.12. The van der Waals surface area contributed by atoms with Gasteiger partial charge in [-0.3, -0.25) is 0 Å². The molecule has 0 amide bonds. The predicted molar refractivity (Wildman–Crippen MR) is 89.7 cm³/mol.